The van der Waals surface area contributed by atoms with Gasteiger partial charge >= 0.3 is 6.03 Å². The van der Waals surface area contributed by atoms with Crippen LogP contribution >= 0.6 is 0 Å². The van der Waals surface area contributed by atoms with E-state index < -0.39 is 0 Å². The van der Waals surface area contributed by atoms with Crippen LogP contribution in [-0.4, -0.2) is 28.2 Å². The van der Waals surface area contributed by atoms with Crippen LogP contribution in [0.4, 0.5) is 4.79 Å². The van der Waals surface area contributed by atoms with Crippen molar-refractivity contribution >= 4 is 17.1 Å². The van der Waals surface area contributed by atoms with Crippen LogP contribution in [0.3, 0.4) is 0 Å². The predicted molar refractivity (Wildman–Crippen MR) is 99.8 cm³/mol. The number of nitrogens with one attached hydrogen (secondary N) is 2. The number of hydrogen-bond donors (Lipinski definition) is 2. The Morgan fingerprint density at radius 3 is 2.76 bits per heavy atom. The van der Waals surface area contributed by atoms with Gasteiger partial charge in [0.05, 0.1) is 11.0 Å². The van der Waals surface area contributed by atoms with Gasteiger partial charge in [-0.05, 0) is 49.8 Å². The second-order valence-electron chi connectivity index (χ2n) is 7.61. The Morgan fingerprint density at radius 1 is 1.20 bits per heavy atom. The molecule has 2 aliphatic rings. The Balaban J connectivity index is 1.31. The number of nitrogens with zero attached hydrogens (tertiary/aromatic N) is 2. The molecular weight excluding hydrogens is 312 g/mol. The number of rotatable bonds is 5. The monoisotopic (exact) mass is 340 g/mol. The Morgan fingerprint density at radius 2 is 2.00 bits per heavy atom. The van der Waals surface area contributed by atoms with Gasteiger partial charge in [0.1, 0.15) is 5.82 Å². The minimum Gasteiger partial charge on any atom is -0.338 e. The highest BCUT2D eigenvalue weighted by Crippen LogP contribution is 2.40. The van der Waals surface area contributed by atoms with Crippen molar-refractivity contribution in [2.24, 2.45) is 7.05 Å². The Bertz CT molecular complexity index is 756. The molecule has 25 heavy (non-hydrogen) atoms. The average molecular weight is 340 g/mol. The Hall–Kier alpha value is -2.04. The number of fused-ring (bicyclic) bond motifs is 1. The summed E-state index contributed by atoms with van der Waals surface area (Å²) < 4.78 is 2.23. The van der Waals surface area contributed by atoms with Crippen molar-refractivity contribution in [3.8, 4) is 0 Å². The largest absolute Gasteiger partial charge is 0.338 e. The van der Waals surface area contributed by atoms with Crippen molar-refractivity contribution < 1.29 is 4.79 Å². The van der Waals surface area contributed by atoms with Crippen molar-refractivity contribution in [2.75, 3.05) is 6.54 Å². The standard InChI is InChI=1S/C20H28N4O/c1-24-18-10-7-14(13-17(18)23-19(24)15-8-9-15)11-12-21-20(25)22-16-5-3-2-4-6-16/h7,10,13,15-16H,2-6,8-9,11-12H2,1H3,(H2,21,22,25). The summed E-state index contributed by atoms with van der Waals surface area (Å²) in [7, 11) is 2.11. The number of aromatic nitrogens is 2. The van der Waals surface area contributed by atoms with E-state index in [0.29, 0.717) is 18.5 Å². The highest BCUT2D eigenvalue weighted by molar-refractivity contribution is 5.77. The van der Waals surface area contributed by atoms with E-state index in [0.717, 1.165) is 24.8 Å². The van der Waals surface area contributed by atoms with Gasteiger partial charge in [-0.3, -0.25) is 0 Å². The van der Waals surface area contributed by atoms with Gasteiger partial charge in [0.2, 0.25) is 0 Å². The van der Waals surface area contributed by atoms with Crippen molar-refractivity contribution in [3.63, 3.8) is 0 Å². The number of urea groups is 1. The van der Waals surface area contributed by atoms with Gasteiger partial charge in [-0.2, -0.15) is 0 Å². The molecule has 0 bridgehead atoms. The molecule has 0 aliphatic heterocycles. The normalized spacial score (nSPS) is 18.4. The van der Waals surface area contributed by atoms with Crippen LogP contribution < -0.4 is 10.6 Å². The van der Waals surface area contributed by atoms with E-state index in [9.17, 15) is 4.79 Å². The van der Waals surface area contributed by atoms with Gasteiger partial charge in [-0.1, -0.05) is 25.3 Å². The molecule has 2 aliphatic carbocycles. The van der Waals surface area contributed by atoms with Crippen molar-refractivity contribution in [3.05, 3.63) is 29.6 Å². The minimum atomic E-state index is -0.0261. The quantitative estimate of drug-likeness (QED) is 0.873. The molecule has 2 aromatic rings. The molecule has 0 radical (unpaired) electrons. The fourth-order valence-electron chi connectivity index (χ4n) is 3.93. The average Bonchev–Trinajstić information content (AvgIpc) is 3.40. The SMILES string of the molecule is Cn1c(C2CC2)nc2cc(CCNC(=O)NC3CCCCC3)ccc21. The molecule has 134 valence electrons. The van der Waals surface area contributed by atoms with E-state index in [-0.39, 0.29) is 6.03 Å². The van der Waals surface area contributed by atoms with E-state index in [1.165, 1.54) is 49.0 Å². The lowest BCUT2D eigenvalue weighted by Crippen LogP contribution is -2.43. The lowest BCUT2D eigenvalue weighted by atomic mass is 9.96. The molecule has 0 spiro atoms. The molecule has 2 fully saturated rings. The van der Waals surface area contributed by atoms with Crippen LogP contribution in [0.15, 0.2) is 18.2 Å². The first-order valence-electron chi connectivity index (χ1n) is 9.70. The van der Waals surface area contributed by atoms with Gasteiger partial charge in [0.25, 0.3) is 0 Å². The summed E-state index contributed by atoms with van der Waals surface area (Å²) in [5, 5.41) is 6.09. The molecule has 5 nitrogen and oxygen atoms in total. The summed E-state index contributed by atoms with van der Waals surface area (Å²) in [5.74, 6) is 1.88. The van der Waals surface area contributed by atoms with Gasteiger partial charge in [0.15, 0.2) is 0 Å². The maximum Gasteiger partial charge on any atom is 0.315 e. The molecule has 1 heterocycles. The molecule has 2 N–H and O–H groups in total. The molecule has 1 aromatic carbocycles. The number of aryl methyl sites for hydroxylation is 1. The van der Waals surface area contributed by atoms with Gasteiger partial charge in [0, 0.05) is 25.6 Å². The molecule has 2 saturated carbocycles. The maximum absolute atomic E-state index is 12.0. The number of hydrogen-bond acceptors (Lipinski definition) is 2. The zero-order valence-electron chi connectivity index (χ0n) is 15.1. The predicted octanol–water partition coefficient (Wildman–Crippen LogP) is 3.63. The molecule has 0 unspecified atom stereocenters. The topological polar surface area (TPSA) is 59.0 Å². The van der Waals surface area contributed by atoms with Gasteiger partial charge in [-0.15, -0.1) is 0 Å². The fraction of sp³-hybridized carbons (Fsp3) is 0.600. The third-order valence-corrected chi connectivity index (χ3v) is 5.56. The zero-order chi connectivity index (χ0) is 17.2. The lowest BCUT2D eigenvalue weighted by molar-refractivity contribution is 0.233. The van der Waals surface area contributed by atoms with Crippen molar-refractivity contribution in [2.45, 2.75) is 63.3 Å². The first-order valence-corrected chi connectivity index (χ1v) is 9.70. The number of carbonyl (C=O) groups is 1. The lowest BCUT2D eigenvalue weighted by Gasteiger charge is -2.22. The highest BCUT2D eigenvalue weighted by Gasteiger charge is 2.28. The summed E-state index contributed by atoms with van der Waals surface area (Å²) in [6.45, 7) is 0.659. The van der Waals surface area contributed by atoms with E-state index in [2.05, 4.69) is 40.4 Å². The van der Waals surface area contributed by atoms with E-state index >= 15 is 0 Å². The number of carbonyl (C=O) groups excluding carboxylic acids is 1. The molecule has 0 atom stereocenters. The van der Waals surface area contributed by atoms with Crippen LogP contribution in [0.2, 0.25) is 0 Å². The Labute approximate surface area is 149 Å². The van der Waals surface area contributed by atoms with Crippen LogP contribution in [0.25, 0.3) is 11.0 Å². The summed E-state index contributed by atoms with van der Waals surface area (Å²) in [4.78, 5) is 16.8. The van der Waals surface area contributed by atoms with Crippen LogP contribution in [0.1, 0.15) is 62.3 Å². The molecular formula is C20H28N4O. The minimum absolute atomic E-state index is 0.0261. The fourth-order valence-corrected chi connectivity index (χ4v) is 3.93. The van der Waals surface area contributed by atoms with Crippen LogP contribution in [0, 0.1) is 0 Å². The van der Waals surface area contributed by atoms with E-state index in [1.54, 1.807) is 0 Å². The first-order chi connectivity index (χ1) is 12.2. The number of imidazole rings is 1. The van der Waals surface area contributed by atoms with Crippen LogP contribution in [-0.2, 0) is 13.5 Å². The van der Waals surface area contributed by atoms with Crippen molar-refractivity contribution in [1.82, 2.24) is 20.2 Å². The smallest absolute Gasteiger partial charge is 0.315 e. The van der Waals surface area contributed by atoms with Crippen LogP contribution in [0.5, 0.6) is 0 Å². The summed E-state index contributed by atoms with van der Waals surface area (Å²) in [6.07, 6.45) is 9.38. The number of benzene rings is 1. The Kier molecular flexibility index (Phi) is 4.64. The number of amides is 2. The van der Waals surface area contributed by atoms with E-state index in [1.807, 2.05) is 0 Å². The van der Waals surface area contributed by atoms with Gasteiger partial charge in [-0.25, -0.2) is 9.78 Å². The molecule has 5 heteroatoms. The summed E-state index contributed by atoms with van der Waals surface area (Å²) >= 11 is 0. The highest BCUT2D eigenvalue weighted by atomic mass is 16.2. The summed E-state index contributed by atoms with van der Waals surface area (Å²) in [6, 6.07) is 6.82. The van der Waals surface area contributed by atoms with Crippen molar-refractivity contribution in [1.29, 1.82) is 0 Å². The molecule has 4 rings (SSSR count). The molecule has 2 amide bonds. The third-order valence-electron chi connectivity index (χ3n) is 5.56. The van der Waals surface area contributed by atoms with Gasteiger partial charge < -0.3 is 15.2 Å². The second-order valence-corrected chi connectivity index (χ2v) is 7.61. The first kappa shape index (κ1) is 16.4. The summed E-state index contributed by atoms with van der Waals surface area (Å²) in [5.41, 5.74) is 3.51. The molecule has 0 saturated heterocycles. The van der Waals surface area contributed by atoms with E-state index in [4.69, 9.17) is 4.98 Å². The maximum atomic E-state index is 12.0. The second kappa shape index (κ2) is 7.06. The third kappa shape index (κ3) is 3.80. The molecule has 1 aromatic heterocycles. The zero-order valence-corrected chi connectivity index (χ0v) is 15.1.